The highest BCUT2D eigenvalue weighted by Crippen LogP contribution is 2.76. The molecule has 0 amide bonds. The number of carbonyl (C=O) groups excluding carboxylic acids is 1. The number of fused-ring (bicyclic) bond motifs is 7. The summed E-state index contributed by atoms with van der Waals surface area (Å²) in [4.78, 5) is 27.7. The van der Waals surface area contributed by atoms with Crippen LogP contribution in [0.5, 0.6) is 0 Å². The summed E-state index contributed by atoms with van der Waals surface area (Å²) in [5.41, 5.74) is -2.60. The number of carboxylic acids is 1. The molecule has 5 aliphatic carbocycles. The Balaban J connectivity index is 0.844. The number of carbonyl (C=O) groups is 2. The second kappa shape index (κ2) is 25.7. The predicted molar refractivity (Wildman–Crippen MR) is 296 cm³/mol. The molecule has 0 radical (unpaired) electrons. The number of aliphatic carboxylic acids is 1. The Kier molecular flexibility index (Phi) is 20.1. The van der Waals surface area contributed by atoms with Crippen molar-refractivity contribution in [1.29, 1.82) is 0 Å². The van der Waals surface area contributed by atoms with Gasteiger partial charge in [0.1, 0.15) is 110 Å². The molecule has 34 atom stereocenters. The summed E-state index contributed by atoms with van der Waals surface area (Å²) in [7, 11) is 0. The van der Waals surface area contributed by atoms with Crippen LogP contribution in [0.1, 0.15) is 113 Å². The van der Waals surface area contributed by atoms with Gasteiger partial charge in [0.25, 0.3) is 0 Å². The highest BCUT2D eigenvalue weighted by Gasteiger charge is 2.71. The SMILES string of the molecule is C[C@@H]1O[C@@H](OC[C@H]2O[C@@H](OC[C@H]3O[C@@H](OC(=O)[C@]45CCC(C)(C)C[C@@H]4C4=CC[C@H]6[C@@]7(C)CC[C@H](O[C@@H]8O[C@H](C(=O)O)[C@@H](O)[C@H](O)[C@H]8O[C@@H]8O[C@H](CO)[C@H](O)[C@H](O)[C@H]8O)[C@@](C)(CO)[C@@H]7CC[C@@]6(C)[C@]4(C)CC5)[C@H](O)[C@@H](O)[C@@H]3O)[C@H](O)[C@@H](O)[C@@H]2O)[C@H](O)[C@H](O)[C@H]1O. The lowest BCUT2D eigenvalue weighted by atomic mass is 9.33. The van der Waals surface area contributed by atoms with Crippen molar-refractivity contribution in [2.75, 3.05) is 26.4 Å². The van der Waals surface area contributed by atoms with Crippen LogP contribution in [0.4, 0.5) is 0 Å². The fraction of sp³-hybridized carbons (Fsp3) is 0.933. The second-order valence-electron chi connectivity index (χ2n) is 29.0. The molecule has 5 saturated heterocycles. The molecule has 0 aromatic carbocycles. The van der Waals surface area contributed by atoms with Crippen molar-refractivity contribution in [3.63, 3.8) is 0 Å². The molecule has 4 saturated carbocycles. The number of ether oxygens (including phenoxy) is 10. The average Bonchev–Trinajstić information content (AvgIpc) is 0.679. The van der Waals surface area contributed by atoms with Gasteiger partial charge in [-0.25, -0.2) is 4.79 Å². The Bertz CT molecular complexity index is 2530. The third kappa shape index (κ3) is 11.8. The maximum absolute atomic E-state index is 15.3. The van der Waals surface area contributed by atoms with Gasteiger partial charge in [-0.1, -0.05) is 53.2 Å². The van der Waals surface area contributed by atoms with Crippen molar-refractivity contribution in [1.82, 2.24) is 0 Å². The summed E-state index contributed by atoms with van der Waals surface area (Å²) in [5.74, 6) is -2.85. The van der Waals surface area contributed by atoms with Crippen LogP contribution < -0.4 is 0 Å². The van der Waals surface area contributed by atoms with E-state index in [1.807, 2.05) is 6.92 Å². The number of rotatable bonds is 15. The molecule has 0 unspecified atom stereocenters. The van der Waals surface area contributed by atoms with E-state index in [9.17, 15) is 91.6 Å². The van der Waals surface area contributed by atoms with Gasteiger partial charge >= 0.3 is 11.9 Å². The highest BCUT2D eigenvalue weighted by molar-refractivity contribution is 5.79. The first kappa shape index (κ1) is 69.5. The Hall–Kier alpha value is -2.32. The van der Waals surface area contributed by atoms with Crippen molar-refractivity contribution in [2.24, 2.45) is 50.2 Å². The summed E-state index contributed by atoms with van der Waals surface area (Å²) >= 11 is 0. The Labute approximate surface area is 514 Å². The van der Waals surface area contributed by atoms with Crippen LogP contribution in [-0.2, 0) is 57.0 Å². The van der Waals surface area contributed by atoms with Gasteiger partial charge in [-0.2, -0.15) is 0 Å². The van der Waals surface area contributed by atoms with Crippen LogP contribution in [0.3, 0.4) is 0 Å². The molecule has 510 valence electrons. The molecule has 5 aliphatic heterocycles. The number of esters is 1. The third-order valence-electron chi connectivity index (χ3n) is 23.6. The number of allylic oxidation sites excluding steroid dienone is 2. The van der Waals surface area contributed by atoms with E-state index in [0.717, 1.165) is 5.57 Å². The quantitative estimate of drug-likeness (QED) is 0.0421. The first-order valence-electron chi connectivity index (χ1n) is 31.4. The maximum Gasteiger partial charge on any atom is 0.335 e. The predicted octanol–water partition coefficient (Wildman–Crippen LogP) is -4.12. The van der Waals surface area contributed by atoms with Crippen LogP contribution in [0, 0.1) is 50.2 Å². The van der Waals surface area contributed by atoms with E-state index in [2.05, 4.69) is 40.7 Å². The average molecular weight is 1280 g/mol. The summed E-state index contributed by atoms with van der Waals surface area (Å²) in [5, 5.41) is 183. The van der Waals surface area contributed by atoms with E-state index >= 15 is 4.79 Å². The number of aliphatic hydroxyl groups excluding tert-OH is 16. The molecule has 0 aromatic heterocycles. The molecule has 10 aliphatic rings. The third-order valence-corrected chi connectivity index (χ3v) is 23.6. The lowest BCUT2D eigenvalue weighted by Crippen LogP contribution is -2.68. The highest BCUT2D eigenvalue weighted by atomic mass is 16.8. The van der Waals surface area contributed by atoms with Gasteiger partial charge in [-0.05, 0) is 111 Å². The maximum atomic E-state index is 15.3. The minimum Gasteiger partial charge on any atom is -0.479 e. The standard InChI is InChI=1S/C60H96O29/c1-23-32(63)36(67)42(73)49(82-23)80-20-27-34(65)38(69)43(74)50(84-27)81-21-28-35(66)39(70)45(76)52(85-28)89-54(79)60-16-14-55(2,3)18-25(60)24-8-9-30-56(4)12-11-31(57(5,22-62)29(56)10-13-59(30,7)58(24,6)15-17-60)86-53-47(41(72)40(71)46(87-53)48(77)78)88-51-44(75)37(68)33(64)26(19-61)83-51/h8,23,25-47,49-53,61-76H,9-22H2,1-7H3,(H,77,78)/t23-,25+,26+,27+,28+,29+,30-,31-,32-,33-,34+,35+,36+,37-,38-,39-,40-,41-,42+,43+,44+,45+,46-,47+,49+,50+,51-,52-,53+,56-,57-,58+,59+,60-/m0/s1. The summed E-state index contributed by atoms with van der Waals surface area (Å²) in [6.45, 7) is 12.0. The topological polar surface area (TPSA) is 470 Å². The number of hydrogen-bond acceptors (Lipinski definition) is 28. The zero-order chi connectivity index (χ0) is 65.2. The molecule has 10 rings (SSSR count). The molecule has 29 heteroatoms. The minimum atomic E-state index is -2.07. The van der Waals surface area contributed by atoms with Crippen molar-refractivity contribution in [3.05, 3.63) is 11.6 Å². The molecule has 9 fully saturated rings. The fourth-order valence-corrected chi connectivity index (χ4v) is 17.7. The molecule has 0 aromatic rings. The Morgan fingerprint density at radius 3 is 1.67 bits per heavy atom. The lowest BCUT2D eigenvalue weighted by molar-refractivity contribution is -0.375. The van der Waals surface area contributed by atoms with E-state index in [1.165, 1.54) is 6.92 Å². The van der Waals surface area contributed by atoms with Crippen LogP contribution in [0.25, 0.3) is 0 Å². The Morgan fingerprint density at radius 1 is 0.539 bits per heavy atom. The largest absolute Gasteiger partial charge is 0.479 e. The van der Waals surface area contributed by atoms with E-state index in [1.54, 1.807) is 0 Å². The van der Waals surface area contributed by atoms with E-state index in [0.29, 0.717) is 64.2 Å². The smallest absolute Gasteiger partial charge is 0.335 e. The molecule has 5 heterocycles. The first-order chi connectivity index (χ1) is 41.6. The van der Waals surface area contributed by atoms with Crippen molar-refractivity contribution in [2.45, 2.75) is 272 Å². The molecular weight excluding hydrogens is 1180 g/mol. The zero-order valence-corrected chi connectivity index (χ0v) is 51.2. The summed E-state index contributed by atoms with van der Waals surface area (Å²) in [6, 6.07) is 0. The van der Waals surface area contributed by atoms with Crippen molar-refractivity contribution >= 4 is 11.9 Å². The molecule has 0 spiro atoms. The van der Waals surface area contributed by atoms with Crippen molar-refractivity contribution < 1.29 is 144 Å². The second-order valence-corrected chi connectivity index (χ2v) is 29.0. The number of carboxylic acid groups (broad SMARTS) is 1. The summed E-state index contributed by atoms with van der Waals surface area (Å²) in [6.07, 6.45) is -36.6. The van der Waals surface area contributed by atoms with Gasteiger partial charge in [0, 0.05) is 5.41 Å². The normalized spacial score (nSPS) is 54.1. The fourth-order valence-electron chi connectivity index (χ4n) is 17.7. The van der Waals surface area contributed by atoms with Gasteiger partial charge < -0.3 is 134 Å². The molecular formula is C60H96O29. The molecule has 29 nitrogen and oxygen atoms in total. The minimum absolute atomic E-state index is 0.0115. The molecule has 89 heavy (non-hydrogen) atoms. The first-order valence-corrected chi connectivity index (χ1v) is 31.4. The van der Waals surface area contributed by atoms with E-state index in [-0.39, 0.29) is 28.6 Å². The van der Waals surface area contributed by atoms with Gasteiger partial charge in [-0.15, -0.1) is 0 Å². The van der Waals surface area contributed by atoms with Gasteiger partial charge in [0.15, 0.2) is 31.3 Å². The van der Waals surface area contributed by atoms with Crippen molar-refractivity contribution in [3.8, 4) is 0 Å². The van der Waals surface area contributed by atoms with Gasteiger partial charge in [0.05, 0.1) is 44.1 Å². The zero-order valence-electron chi connectivity index (χ0n) is 51.2. The lowest BCUT2D eigenvalue weighted by Gasteiger charge is -2.71. The van der Waals surface area contributed by atoms with Crippen LogP contribution in [0.15, 0.2) is 11.6 Å². The number of aliphatic hydroxyl groups is 16. The van der Waals surface area contributed by atoms with Crippen LogP contribution in [-0.4, -0.2) is 285 Å². The van der Waals surface area contributed by atoms with E-state index in [4.69, 9.17) is 47.4 Å². The molecule has 0 bridgehead atoms. The van der Waals surface area contributed by atoms with Crippen LogP contribution in [0.2, 0.25) is 0 Å². The van der Waals surface area contributed by atoms with Gasteiger partial charge in [0.2, 0.25) is 6.29 Å². The summed E-state index contributed by atoms with van der Waals surface area (Å²) < 4.78 is 58.7. The number of hydrogen-bond donors (Lipinski definition) is 17. The Morgan fingerprint density at radius 2 is 1.08 bits per heavy atom. The molecule has 17 N–H and O–H groups in total. The van der Waals surface area contributed by atoms with Crippen LogP contribution >= 0.6 is 0 Å². The monoisotopic (exact) mass is 1280 g/mol. The van der Waals surface area contributed by atoms with Gasteiger partial charge in [-0.3, -0.25) is 4.79 Å². The van der Waals surface area contributed by atoms with E-state index < -0.39 is 220 Å².